The van der Waals surface area contributed by atoms with E-state index < -0.39 is 15.8 Å². The predicted octanol–water partition coefficient (Wildman–Crippen LogP) is 1.94. The molecule has 0 bridgehead atoms. The van der Waals surface area contributed by atoms with Gasteiger partial charge in [0.15, 0.2) is 0 Å². The van der Waals surface area contributed by atoms with Crippen LogP contribution in [0.4, 0.5) is 10.1 Å². The summed E-state index contributed by atoms with van der Waals surface area (Å²) in [5.74, 6) is -0.786. The lowest BCUT2D eigenvalue weighted by Gasteiger charge is -2.10. The molecule has 1 aromatic rings. The molecule has 0 aliphatic rings. The summed E-state index contributed by atoms with van der Waals surface area (Å²) in [6, 6.07) is 2.14. The van der Waals surface area contributed by atoms with Crippen molar-refractivity contribution in [3.05, 3.63) is 27.4 Å². The van der Waals surface area contributed by atoms with Gasteiger partial charge in [0.05, 0.1) is 16.5 Å². The van der Waals surface area contributed by atoms with Crippen molar-refractivity contribution >= 4 is 43.2 Å². The van der Waals surface area contributed by atoms with Gasteiger partial charge in [-0.25, -0.2) is 12.8 Å². The van der Waals surface area contributed by atoms with Crippen molar-refractivity contribution in [2.75, 3.05) is 17.0 Å². The Hall–Kier alpha value is -0.370. The molecule has 0 aliphatic heterocycles. The maximum atomic E-state index is 12.9. The Labute approximate surface area is 106 Å². The van der Waals surface area contributed by atoms with Gasteiger partial charge in [-0.05, 0) is 28.1 Å². The molecule has 0 fully saturated rings. The van der Waals surface area contributed by atoms with Crippen molar-refractivity contribution < 1.29 is 12.8 Å². The number of hydrogen-bond donors (Lipinski definition) is 2. The van der Waals surface area contributed by atoms with Gasteiger partial charge in [0.1, 0.15) is 5.82 Å². The molecule has 0 heterocycles. The van der Waals surface area contributed by atoms with Gasteiger partial charge in [-0.15, -0.1) is 0 Å². The van der Waals surface area contributed by atoms with Crippen LogP contribution in [0.5, 0.6) is 0 Å². The topological polar surface area (TPSA) is 72.2 Å². The van der Waals surface area contributed by atoms with Crippen LogP contribution in [0.1, 0.15) is 0 Å². The molecular weight excluding hydrogens is 323 g/mol. The number of sulfonamides is 1. The van der Waals surface area contributed by atoms with Gasteiger partial charge in [-0.1, -0.05) is 11.6 Å². The van der Waals surface area contributed by atoms with Crippen LogP contribution in [0.2, 0.25) is 5.02 Å². The van der Waals surface area contributed by atoms with Crippen LogP contribution in [0.15, 0.2) is 16.6 Å². The second-order valence-electron chi connectivity index (χ2n) is 2.95. The summed E-state index contributed by atoms with van der Waals surface area (Å²) in [7, 11) is -3.55. The van der Waals surface area contributed by atoms with E-state index in [2.05, 4.69) is 20.7 Å². The normalized spacial score (nSPS) is 11.5. The van der Waals surface area contributed by atoms with E-state index in [9.17, 15) is 12.8 Å². The molecule has 0 amide bonds. The monoisotopic (exact) mass is 330 g/mol. The molecule has 0 saturated carbocycles. The number of hydrogen-bond acceptors (Lipinski definition) is 3. The van der Waals surface area contributed by atoms with Crippen LogP contribution in [0, 0.1) is 5.82 Å². The molecule has 0 saturated heterocycles. The minimum absolute atomic E-state index is 0.00817. The zero-order valence-electron chi connectivity index (χ0n) is 8.00. The first kappa shape index (κ1) is 13.7. The smallest absolute Gasteiger partial charge is 0.234 e. The van der Waals surface area contributed by atoms with Gasteiger partial charge in [0.25, 0.3) is 0 Å². The van der Waals surface area contributed by atoms with Crippen LogP contribution in [-0.2, 0) is 10.0 Å². The van der Waals surface area contributed by atoms with Gasteiger partial charge < -0.3 is 5.73 Å². The predicted molar refractivity (Wildman–Crippen MR) is 65.6 cm³/mol. The first-order valence-corrected chi connectivity index (χ1v) is 7.03. The van der Waals surface area contributed by atoms with E-state index in [1.165, 1.54) is 0 Å². The zero-order chi connectivity index (χ0) is 12.3. The lowest BCUT2D eigenvalue weighted by atomic mass is 10.3. The molecule has 16 heavy (non-hydrogen) atoms. The second kappa shape index (κ2) is 5.31. The molecule has 0 aliphatic carbocycles. The van der Waals surface area contributed by atoms with E-state index in [0.717, 1.165) is 12.1 Å². The highest BCUT2D eigenvalue weighted by Crippen LogP contribution is 2.32. The average Bonchev–Trinajstić information content (AvgIpc) is 2.11. The van der Waals surface area contributed by atoms with E-state index in [1.54, 1.807) is 0 Å². The van der Waals surface area contributed by atoms with Gasteiger partial charge in [0.2, 0.25) is 10.0 Å². The fourth-order valence-electron chi connectivity index (χ4n) is 1.00. The van der Waals surface area contributed by atoms with Crippen molar-refractivity contribution in [2.24, 2.45) is 5.73 Å². The highest BCUT2D eigenvalue weighted by molar-refractivity contribution is 9.10. The molecule has 0 spiro atoms. The summed E-state index contributed by atoms with van der Waals surface area (Å²) in [5, 5.41) is -0.0209. The van der Waals surface area contributed by atoms with Crippen molar-refractivity contribution in [3.8, 4) is 0 Å². The Morgan fingerprint density at radius 1 is 1.50 bits per heavy atom. The van der Waals surface area contributed by atoms with Gasteiger partial charge in [-0.3, -0.25) is 4.72 Å². The highest BCUT2D eigenvalue weighted by atomic mass is 79.9. The van der Waals surface area contributed by atoms with Gasteiger partial charge in [0, 0.05) is 11.0 Å². The first-order chi connectivity index (χ1) is 7.35. The minimum Gasteiger partial charge on any atom is -0.329 e. The number of halogens is 3. The van der Waals surface area contributed by atoms with Crippen LogP contribution >= 0.6 is 27.5 Å². The number of nitrogens with one attached hydrogen (secondary N) is 1. The summed E-state index contributed by atoms with van der Waals surface area (Å²) < 4.78 is 38.2. The van der Waals surface area contributed by atoms with Crippen molar-refractivity contribution in [1.82, 2.24) is 0 Å². The molecular formula is C8H9BrClFN2O2S. The van der Waals surface area contributed by atoms with E-state index in [-0.39, 0.29) is 27.5 Å². The summed E-state index contributed by atoms with van der Waals surface area (Å²) in [6.45, 7) is -0.00817. The molecule has 0 radical (unpaired) electrons. The van der Waals surface area contributed by atoms with Crippen LogP contribution in [0.25, 0.3) is 0 Å². The maximum Gasteiger partial charge on any atom is 0.234 e. The van der Waals surface area contributed by atoms with Gasteiger partial charge >= 0.3 is 0 Å². The molecule has 1 rings (SSSR count). The molecule has 0 unspecified atom stereocenters. The Balaban J connectivity index is 3.07. The third-order valence-electron chi connectivity index (χ3n) is 1.65. The van der Waals surface area contributed by atoms with E-state index in [1.807, 2.05) is 0 Å². The largest absolute Gasteiger partial charge is 0.329 e. The third-order valence-corrected chi connectivity index (χ3v) is 3.86. The Kier molecular flexibility index (Phi) is 4.54. The SMILES string of the molecule is NCCS(=O)(=O)Nc1c(Cl)cc(F)cc1Br. The average molecular weight is 332 g/mol. The molecule has 8 heteroatoms. The summed E-state index contributed by atoms with van der Waals surface area (Å²) in [5.41, 5.74) is 5.25. The summed E-state index contributed by atoms with van der Waals surface area (Å²) in [6.07, 6.45) is 0. The number of benzene rings is 1. The van der Waals surface area contributed by atoms with E-state index >= 15 is 0 Å². The number of anilines is 1. The maximum absolute atomic E-state index is 12.9. The Morgan fingerprint density at radius 3 is 2.62 bits per heavy atom. The lowest BCUT2D eigenvalue weighted by molar-refractivity contribution is 0.600. The zero-order valence-corrected chi connectivity index (χ0v) is 11.2. The van der Waals surface area contributed by atoms with Crippen molar-refractivity contribution in [3.63, 3.8) is 0 Å². The van der Waals surface area contributed by atoms with E-state index in [0.29, 0.717) is 0 Å². The molecule has 3 N–H and O–H groups in total. The number of nitrogens with two attached hydrogens (primary N) is 1. The molecule has 0 aromatic heterocycles. The van der Waals surface area contributed by atoms with E-state index in [4.69, 9.17) is 17.3 Å². The van der Waals surface area contributed by atoms with Crippen LogP contribution in [-0.4, -0.2) is 20.7 Å². The van der Waals surface area contributed by atoms with Crippen LogP contribution in [0.3, 0.4) is 0 Å². The molecule has 90 valence electrons. The number of rotatable bonds is 4. The molecule has 1 aromatic carbocycles. The second-order valence-corrected chi connectivity index (χ2v) is 6.06. The minimum atomic E-state index is -3.55. The highest BCUT2D eigenvalue weighted by Gasteiger charge is 2.15. The fraction of sp³-hybridized carbons (Fsp3) is 0.250. The molecule has 4 nitrogen and oxygen atoms in total. The first-order valence-electron chi connectivity index (χ1n) is 4.21. The van der Waals surface area contributed by atoms with Crippen molar-refractivity contribution in [2.45, 2.75) is 0 Å². The Morgan fingerprint density at radius 2 is 2.12 bits per heavy atom. The fourth-order valence-corrected chi connectivity index (χ4v) is 3.03. The third kappa shape index (κ3) is 3.58. The quantitative estimate of drug-likeness (QED) is 0.885. The van der Waals surface area contributed by atoms with Gasteiger partial charge in [-0.2, -0.15) is 0 Å². The molecule has 0 atom stereocenters. The van der Waals surface area contributed by atoms with Crippen molar-refractivity contribution in [1.29, 1.82) is 0 Å². The standard InChI is InChI=1S/C8H9BrClFN2O2S/c9-6-3-5(11)4-7(10)8(6)13-16(14,15)2-1-12/h3-4,13H,1-2,12H2. The summed E-state index contributed by atoms with van der Waals surface area (Å²) >= 11 is 8.73. The van der Waals surface area contributed by atoms with Crippen LogP contribution < -0.4 is 10.5 Å². The summed E-state index contributed by atoms with van der Waals surface area (Å²) in [4.78, 5) is 0. The Bertz CT molecular complexity index is 472. The lowest BCUT2D eigenvalue weighted by Crippen LogP contribution is -2.22.